The smallest absolute Gasteiger partial charge is 0.343 e. The van der Waals surface area contributed by atoms with E-state index in [2.05, 4.69) is 0 Å². The van der Waals surface area contributed by atoms with E-state index in [0.29, 0.717) is 0 Å². The average Bonchev–Trinajstić information content (AvgIpc) is 3.21. The highest BCUT2D eigenvalue weighted by atomic mass is 32.1. The minimum atomic E-state index is -0.821. The summed E-state index contributed by atoms with van der Waals surface area (Å²) in [4.78, 5) is 35.7. The molecule has 3 rings (SSSR count). The molecule has 28 heavy (non-hydrogen) atoms. The van der Waals surface area contributed by atoms with Crippen LogP contribution in [0.2, 0.25) is 0 Å². The monoisotopic (exact) mass is 397 g/mol. The van der Waals surface area contributed by atoms with E-state index in [1.54, 1.807) is 6.08 Å². The van der Waals surface area contributed by atoms with Crippen LogP contribution in [0.25, 0.3) is 6.08 Å². The summed E-state index contributed by atoms with van der Waals surface area (Å²) >= 11 is 1.43. The molecule has 0 N–H and O–H groups in total. The average molecular weight is 397 g/mol. The predicted molar refractivity (Wildman–Crippen MR) is 102 cm³/mol. The van der Waals surface area contributed by atoms with E-state index in [4.69, 9.17) is 4.74 Å². The molecule has 2 aromatic carbocycles. The lowest BCUT2D eigenvalue weighted by atomic mass is 10.1. The summed E-state index contributed by atoms with van der Waals surface area (Å²) in [6, 6.07) is 11.7. The summed E-state index contributed by atoms with van der Waals surface area (Å²) in [5, 5.41) is 12.5. The Morgan fingerprint density at radius 1 is 1.11 bits per heavy atom. The van der Waals surface area contributed by atoms with Crippen molar-refractivity contribution in [3.8, 4) is 5.75 Å². The second kappa shape index (κ2) is 8.36. The van der Waals surface area contributed by atoms with Crippen LogP contribution in [0.15, 0.2) is 66.1 Å². The Morgan fingerprint density at radius 2 is 1.86 bits per heavy atom. The first-order valence-corrected chi connectivity index (χ1v) is 8.84. The van der Waals surface area contributed by atoms with Crippen molar-refractivity contribution in [1.29, 1.82) is 0 Å². The molecule has 0 aliphatic heterocycles. The number of ketones is 1. The fourth-order valence-corrected chi connectivity index (χ4v) is 2.91. The van der Waals surface area contributed by atoms with Crippen molar-refractivity contribution >= 4 is 34.9 Å². The number of carbonyl (C=O) groups is 2. The van der Waals surface area contributed by atoms with Crippen molar-refractivity contribution in [2.24, 2.45) is 0 Å². The maximum Gasteiger partial charge on any atom is 0.343 e. The van der Waals surface area contributed by atoms with E-state index in [9.17, 15) is 24.1 Å². The minimum Gasteiger partial charge on any atom is -0.422 e. The summed E-state index contributed by atoms with van der Waals surface area (Å²) in [5.74, 6) is -2.11. The number of ether oxygens (including phenoxy) is 1. The van der Waals surface area contributed by atoms with Gasteiger partial charge in [-0.3, -0.25) is 14.9 Å². The Bertz CT molecular complexity index is 1060. The number of hydrogen-bond donors (Lipinski definition) is 0. The Hall–Kier alpha value is -3.65. The third-order valence-electron chi connectivity index (χ3n) is 3.67. The molecule has 8 heteroatoms. The third-order valence-corrected chi connectivity index (χ3v) is 4.50. The van der Waals surface area contributed by atoms with Crippen LogP contribution in [0.1, 0.15) is 25.6 Å². The van der Waals surface area contributed by atoms with Gasteiger partial charge in [0.25, 0.3) is 5.69 Å². The maximum atomic E-state index is 13.6. The first-order valence-electron chi connectivity index (χ1n) is 7.96. The van der Waals surface area contributed by atoms with Gasteiger partial charge in [0.05, 0.1) is 16.1 Å². The minimum absolute atomic E-state index is 0.0578. The fourth-order valence-electron chi connectivity index (χ4n) is 2.30. The number of nitrogens with zero attached hydrogens (tertiary/aromatic N) is 1. The zero-order valence-corrected chi connectivity index (χ0v) is 15.0. The maximum absolute atomic E-state index is 13.6. The second-order valence-electron chi connectivity index (χ2n) is 5.55. The molecule has 1 aromatic heterocycles. The first kappa shape index (κ1) is 19.1. The molecule has 0 aliphatic carbocycles. The Labute approximate surface area is 162 Å². The van der Waals surface area contributed by atoms with Crippen LogP contribution in [0.3, 0.4) is 0 Å². The number of halogens is 1. The van der Waals surface area contributed by atoms with E-state index in [1.165, 1.54) is 35.6 Å². The van der Waals surface area contributed by atoms with Crippen molar-refractivity contribution < 1.29 is 23.6 Å². The first-order chi connectivity index (χ1) is 13.4. The van der Waals surface area contributed by atoms with Gasteiger partial charge in [-0.2, -0.15) is 0 Å². The molecule has 0 fully saturated rings. The summed E-state index contributed by atoms with van der Waals surface area (Å²) in [6.45, 7) is 0. The Kier molecular flexibility index (Phi) is 5.71. The quantitative estimate of drug-likeness (QED) is 0.147. The number of esters is 1. The predicted octanol–water partition coefficient (Wildman–Crippen LogP) is 4.91. The molecule has 140 valence electrons. The van der Waals surface area contributed by atoms with E-state index < -0.39 is 22.5 Å². The van der Waals surface area contributed by atoms with Crippen LogP contribution in [0.4, 0.5) is 10.1 Å². The SMILES string of the molecule is O=C(Oc1ccc(F)cc1C(=O)/C=C/c1cccs1)c1ccc([N+](=O)[O-])cc1. The lowest BCUT2D eigenvalue weighted by Crippen LogP contribution is -2.11. The van der Waals surface area contributed by atoms with Gasteiger partial charge in [0.15, 0.2) is 5.78 Å². The molecule has 0 bridgehead atoms. The topological polar surface area (TPSA) is 86.5 Å². The zero-order chi connectivity index (χ0) is 20.1. The molecule has 0 aliphatic rings. The molecule has 0 saturated carbocycles. The second-order valence-corrected chi connectivity index (χ2v) is 6.53. The molecule has 0 unspecified atom stereocenters. The fraction of sp³-hybridized carbons (Fsp3) is 0. The highest BCUT2D eigenvalue weighted by Crippen LogP contribution is 2.23. The number of nitro benzene ring substituents is 1. The van der Waals surface area contributed by atoms with Crippen molar-refractivity contribution in [3.63, 3.8) is 0 Å². The van der Waals surface area contributed by atoms with Gasteiger partial charge in [0, 0.05) is 17.0 Å². The van der Waals surface area contributed by atoms with Gasteiger partial charge in [0.1, 0.15) is 11.6 Å². The van der Waals surface area contributed by atoms with E-state index in [1.807, 2.05) is 17.5 Å². The number of allylic oxidation sites excluding steroid dienone is 1. The van der Waals surface area contributed by atoms with Gasteiger partial charge in [-0.1, -0.05) is 6.07 Å². The van der Waals surface area contributed by atoms with Gasteiger partial charge in [0.2, 0.25) is 0 Å². The molecule has 3 aromatic rings. The number of non-ortho nitro benzene ring substituents is 1. The number of nitro groups is 1. The van der Waals surface area contributed by atoms with Gasteiger partial charge in [-0.05, 0) is 53.9 Å². The van der Waals surface area contributed by atoms with Crippen LogP contribution in [-0.4, -0.2) is 16.7 Å². The number of thiophene rings is 1. The number of rotatable bonds is 6. The van der Waals surface area contributed by atoms with Crippen LogP contribution >= 0.6 is 11.3 Å². The molecule has 0 spiro atoms. The zero-order valence-electron chi connectivity index (χ0n) is 14.2. The highest BCUT2D eigenvalue weighted by molar-refractivity contribution is 7.10. The summed E-state index contributed by atoms with van der Waals surface area (Å²) in [6.07, 6.45) is 2.85. The van der Waals surface area contributed by atoms with E-state index in [-0.39, 0.29) is 22.6 Å². The highest BCUT2D eigenvalue weighted by Gasteiger charge is 2.17. The van der Waals surface area contributed by atoms with Crippen molar-refractivity contribution in [1.82, 2.24) is 0 Å². The summed E-state index contributed by atoms with van der Waals surface area (Å²) < 4.78 is 18.8. The number of carbonyl (C=O) groups excluding carboxylic acids is 2. The van der Waals surface area contributed by atoms with E-state index >= 15 is 0 Å². The third kappa shape index (κ3) is 4.54. The lowest BCUT2D eigenvalue weighted by Gasteiger charge is -2.08. The number of hydrogen-bond acceptors (Lipinski definition) is 6. The van der Waals surface area contributed by atoms with Crippen molar-refractivity contribution in [3.05, 3.63) is 98.0 Å². The Morgan fingerprint density at radius 3 is 2.50 bits per heavy atom. The standard InChI is InChI=1S/C20H12FNO5S/c21-14-5-10-19(17(12-14)18(23)9-8-16-2-1-11-28-16)27-20(24)13-3-6-15(7-4-13)22(25)26/h1-12H/b9-8+. The van der Waals surface area contributed by atoms with Crippen LogP contribution in [-0.2, 0) is 0 Å². The van der Waals surface area contributed by atoms with E-state index in [0.717, 1.165) is 29.1 Å². The molecular weight excluding hydrogens is 385 g/mol. The molecule has 0 radical (unpaired) electrons. The van der Waals surface area contributed by atoms with Crippen molar-refractivity contribution in [2.45, 2.75) is 0 Å². The van der Waals surface area contributed by atoms with Gasteiger partial charge >= 0.3 is 5.97 Å². The molecule has 1 heterocycles. The van der Waals surface area contributed by atoms with Crippen LogP contribution in [0, 0.1) is 15.9 Å². The van der Waals surface area contributed by atoms with Crippen LogP contribution in [0.5, 0.6) is 5.75 Å². The Balaban J connectivity index is 1.82. The molecule has 0 saturated heterocycles. The van der Waals surface area contributed by atoms with Gasteiger partial charge in [-0.25, -0.2) is 9.18 Å². The largest absolute Gasteiger partial charge is 0.422 e. The molecule has 0 amide bonds. The number of benzene rings is 2. The summed E-state index contributed by atoms with van der Waals surface area (Å²) in [5.41, 5.74) is -0.224. The van der Waals surface area contributed by atoms with Gasteiger partial charge in [-0.15, -0.1) is 11.3 Å². The summed E-state index contributed by atoms with van der Waals surface area (Å²) in [7, 11) is 0. The van der Waals surface area contributed by atoms with Crippen LogP contribution < -0.4 is 4.74 Å². The molecular formula is C20H12FNO5S. The molecule has 6 nitrogen and oxygen atoms in total. The van der Waals surface area contributed by atoms with Crippen molar-refractivity contribution in [2.75, 3.05) is 0 Å². The lowest BCUT2D eigenvalue weighted by molar-refractivity contribution is -0.384. The van der Waals surface area contributed by atoms with Gasteiger partial charge < -0.3 is 4.74 Å². The normalized spacial score (nSPS) is 10.8. The molecule has 0 atom stereocenters.